The van der Waals surface area contributed by atoms with Crippen molar-refractivity contribution in [2.75, 3.05) is 26.8 Å². The number of nitrogens with one attached hydrogen (secondary N) is 2. The summed E-state index contributed by atoms with van der Waals surface area (Å²) in [6.45, 7) is 2.46. The summed E-state index contributed by atoms with van der Waals surface area (Å²) in [5, 5.41) is 8.33. The lowest BCUT2D eigenvalue weighted by Crippen LogP contribution is -2.47. The molecule has 1 heterocycles. The van der Waals surface area contributed by atoms with Crippen LogP contribution in [0.2, 0.25) is 0 Å². The molecule has 2 N–H and O–H groups in total. The van der Waals surface area contributed by atoms with E-state index in [1.807, 2.05) is 30.3 Å². The van der Waals surface area contributed by atoms with Gasteiger partial charge in [-0.25, -0.2) is 0 Å². The summed E-state index contributed by atoms with van der Waals surface area (Å²) in [5.41, 5.74) is 1.06. The smallest absolute Gasteiger partial charge is 0.250 e. The molecule has 0 aromatic heterocycles. The highest BCUT2D eigenvalue weighted by atomic mass is 35.5. The Balaban J connectivity index is 0.00000192. The lowest BCUT2D eigenvalue weighted by molar-refractivity contribution is -0.134. The first-order valence-electron chi connectivity index (χ1n) is 7.43. The molecule has 1 saturated heterocycles. The van der Waals surface area contributed by atoms with Crippen molar-refractivity contribution in [2.45, 2.75) is 12.6 Å². The molecule has 1 atom stereocenters. The molecular weight excluding hydrogens is 316 g/mol. The molecular formula is C17H21ClN2O3. The number of hydrogen-bond donors (Lipinski definition) is 2. The van der Waals surface area contributed by atoms with Gasteiger partial charge in [0.2, 0.25) is 0 Å². The van der Waals surface area contributed by atoms with Gasteiger partial charge in [-0.3, -0.25) is 4.79 Å². The third-order valence-corrected chi connectivity index (χ3v) is 3.80. The van der Waals surface area contributed by atoms with Crippen molar-refractivity contribution in [1.82, 2.24) is 10.6 Å². The Morgan fingerprint density at radius 2 is 2.09 bits per heavy atom. The molecule has 0 bridgehead atoms. The molecule has 1 aliphatic heterocycles. The Labute approximate surface area is 141 Å². The zero-order valence-corrected chi connectivity index (χ0v) is 13.8. The number of carbonyl (C=O) groups is 1. The average molecular weight is 337 g/mol. The standard InChI is InChI=1S/C17H20N2O3.ClH/c1-21-15-5-4-13-8-12(2-3-14(13)9-15)10-19-17(20)16-11-18-6-7-22-16;/h2-5,8-9,16,18H,6-7,10-11H2,1H3,(H,19,20);1H. The molecule has 1 aliphatic rings. The molecule has 1 unspecified atom stereocenters. The molecule has 6 heteroatoms. The summed E-state index contributed by atoms with van der Waals surface area (Å²) >= 11 is 0. The van der Waals surface area contributed by atoms with Crippen LogP contribution in [0, 0.1) is 0 Å². The monoisotopic (exact) mass is 336 g/mol. The van der Waals surface area contributed by atoms with Crippen LogP contribution in [0.15, 0.2) is 36.4 Å². The van der Waals surface area contributed by atoms with E-state index in [4.69, 9.17) is 9.47 Å². The second kappa shape index (κ2) is 8.15. The lowest BCUT2D eigenvalue weighted by Gasteiger charge is -2.22. The normalized spacial score (nSPS) is 17.3. The van der Waals surface area contributed by atoms with E-state index in [1.165, 1.54) is 0 Å². The first-order chi connectivity index (χ1) is 10.8. The number of rotatable bonds is 4. The van der Waals surface area contributed by atoms with Crippen molar-refractivity contribution in [3.8, 4) is 5.75 Å². The van der Waals surface area contributed by atoms with E-state index in [0.29, 0.717) is 19.7 Å². The summed E-state index contributed by atoms with van der Waals surface area (Å²) in [4.78, 5) is 12.0. The molecule has 2 aromatic rings. The highest BCUT2D eigenvalue weighted by molar-refractivity contribution is 5.85. The van der Waals surface area contributed by atoms with E-state index in [0.717, 1.165) is 28.6 Å². The molecule has 0 spiro atoms. The zero-order valence-electron chi connectivity index (χ0n) is 13.0. The van der Waals surface area contributed by atoms with Gasteiger partial charge < -0.3 is 20.1 Å². The van der Waals surface area contributed by atoms with E-state index in [1.54, 1.807) is 7.11 Å². The number of ether oxygens (including phenoxy) is 2. The van der Waals surface area contributed by atoms with Crippen molar-refractivity contribution >= 4 is 29.1 Å². The van der Waals surface area contributed by atoms with Gasteiger partial charge in [0, 0.05) is 19.6 Å². The first-order valence-corrected chi connectivity index (χ1v) is 7.43. The number of methoxy groups -OCH3 is 1. The highest BCUT2D eigenvalue weighted by Crippen LogP contribution is 2.21. The van der Waals surface area contributed by atoms with Crippen molar-refractivity contribution in [2.24, 2.45) is 0 Å². The van der Waals surface area contributed by atoms with Crippen molar-refractivity contribution in [3.63, 3.8) is 0 Å². The van der Waals surface area contributed by atoms with Gasteiger partial charge in [-0.05, 0) is 34.5 Å². The largest absolute Gasteiger partial charge is 0.497 e. The van der Waals surface area contributed by atoms with Gasteiger partial charge in [0.15, 0.2) is 0 Å². The van der Waals surface area contributed by atoms with E-state index in [-0.39, 0.29) is 18.3 Å². The van der Waals surface area contributed by atoms with Crippen LogP contribution >= 0.6 is 12.4 Å². The fourth-order valence-corrected chi connectivity index (χ4v) is 2.55. The molecule has 3 rings (SSSR count). The maximum atomic E-state index is 12.0. The summed E-state index contributed by atoms with van der Waals surface area (Å²) in [5.74, 6) is 0.775. The number of benzene rings is 2. The van der Waals surface area contributed by atoms with Crippen LogP contribution in [-0.2, 0) is 16.1 Å². The van der Waals surface area contributed by atoms with Crippen molar-refractivity contribution < 1.29 is 14.3 Å². The van der Waals surface area contributed by atoms with Gasteiger partial charge >= 0.3 is 0 Å². The minimum atomic E-state index is -0.390. The van der Waals surface area contributed by atoms with Crippen LogP contribution in [0.1, 0.15) is 5.56 Å². The van der Waals surface area contributed by atoms with Crippen LogP contribution in [0.25, 0.3) is 10.8 Å². The summed E-state index contributed by atoms with van der Waals surface area (Å²) < 4.78 is 10.7. The topological polar surface area (TPSA) is 59.6 Å². The molecule has 23 heavy (non-hydrogen) atoms. The Hall–Kier alpha value is -1.82. The number of morpholine rings is 1. The average Bonchev–Trinajstić information content (AvgIpc) is 2.59. The van der Waals surface area contributed by atoms with Crippen molar-refractivity contribution in [1.29, 1.82) is 0 Å². The Kier molecular flexibility index (Phi) is 6.21. The fourth-order valence-electron chi connectivity index (χ4n) is 2.55. The van der Waals surface area contributed by atoms with Crippen LogP contribution < -0.4 is 15.4 Å². The SMILES string of the molecule is COc1ccc2cc(CNC(=O)C3CNCCO3)ccc2c1.Cl. The second-order valence-electron chi connectivity index (χ2n) is 5.33. The highest BCUT2D eigenvalue weighted by Gasteiger charge is 2.21. The van der Waals surface area contributed by atoms with Gasteiger partial charge in [0.25, 0.3) is 5.91 Å². The maximum Gasteiger partial charge on any atom is 0.250 e. The van der Waals surface area contributed by atoms with Crippen LogP contribution in [0.4, 0.5) is 0 Å². The first kappa shape index (κ1) is 17.5. The van der Waals surface area contributed by atoms with Crippen molar-refractivity contribution in [3.05, 3.63) is 42.0 Å². The van der Waals surface area contributed by atoms with Crippen LogP contribution in [0.3, 0.4) is 0 Å². The van der Waals surface area contributed by atoms with E-state index in [2.05, 4.69) is 16.7 Å². The van der Waals surface area contributed by atoms with Crippen LogP contribution in [-0.4, -0.2) is 38.8 Å². The van der Waals surface area contributed by atoms with Gasteiger partial charge in [0.05, 0.1) is 13.7 Å². The Bertz CT molecular complexity index is 672. The lowest BCUT2D eigenvalue weighted by atomic mass is 10.1. The molecule has 0 aliphatic carbocycles. The number of carbonyl (C=O) groups excluding carboxylic acids is 1. The fraction of sp³-hybridized carbons (Fsp3) is 0.353. The van der Waals surface area contributed by atoms with Gasteiger partial charge in [0.1, 0.15) is 11.9 Å². The molecule has 0 radical (unpaired) electrons. The quantitative estimate of drug-likeness (QED) is 0.895. The maximum absolute atomic E-state index is 12.0. The van der Waals surface area contributed by atoms with E-state index in [9.17, 15) is 4.79 Å². The molecule has 1 amide bonds. The predicted molar refractivity (Wildman–Crippen MR) is 92.2 cm³/mol. The third kappa shape index (κ3) is 4.34. The van der Waals surface area contributed by atoms with Gasteiger partial charge in [-0.1, -0.05) is 18.2 Å². The molecule has 5 nitrogen and oxygen atoms in total. The zero-order chi connectivity index (χ0) is 15.4. The van der Waals surface area contributed by atoms with Gasteiger partial charge in [-0.2, -0.15) is 0 Å². The molecule has 2 aromatic carbocycles. The number of hydrogen-bond acceptors (Lipinski definition) is 4. The van der Waals surface area contributed by atoms with E-state index < -0.39 is 6.10 Å². The minimum absolute atomic E-state index is 0. The summed E-state index contributed by atoms with van der Waals surface area (Å²) in [6.07, 6.45) is -0.390. The predicted octanol–water partition coefficient (Wildman–Crippen LogP) is 1.87. The number of fused-ring (bicyclic) bond motifs is 1. The minimum Gasteiger partial charge on any atom is -0.497 e. The van der Waals surface area contributed by atoms with Gasteiger partial charge in [-0.15, -0.1) is 12.4 Å². The number of halogens is 1. The number of amides is 1. The molecule has 1 fully saturated rings. The molecule has 124 valence electrons. The van der Waals surface area contributed by atoms with E-state index >= 15 is 0 Å². The van der Waals surface area contributed by atoms with Crippen LogP contribution in [0.5, 0.6) is 5.75 Å². The summed E-state index contributed by atoms with van der Waals surface area (Å²) in [6, 6.07) is 12.1. The Morgan fingerprint density at radius 1 is 1.30 bits per heavy atom. The summed E-state index contributed by atoms with van der Waals surface area (Å²) in [7, 11) is 1.66. The second-order valence-corrected chi connectivity index (χ2v) is 5.33. The third-order valence-electron chi connectivity index (χ3n) is 3.80. The molecule has 0 saturated carbocycles. The Morgan fingerprint density at radius 3 is 2.83 bits per heavy atom.